The molecule has 0 N–H and O–H groups in total. The van der Waals surface area contributed by atoms with E-state index in [0.717, 1.165) is 18.4 Å². The first-order valence-corrected chi connectivity index (χ1v) is 10.2. The molecule has 0 aliphatic carbocycles. The van der Waals surface area contributed by atoms with E-state index >= 15 is 0 Å². The predicted molar refractivity (Wildman–Crippen MR) is 113 cm³/mol. The fourth-order valence-corrected chi connectivity index (χ4v) is 2.90. The van der Waals surface area contributed by atoms with Gasteiger partial charge in [0.05, 0.1) is 25.3 Å². The quantitative estimate of drug-likeness (QED) is 0.323. The van der Waals surface area contributed by atoms with Crippen molar-refractivity contribution in [1.82, 2.24) is 0 Å². The molecule has 0 heterocycles. The monoisotopic (exact) mass is 420 g/mol. The molecule has 29 heavy (non-hydrogen) atoms. The van der Waals surface area contributed by atoms with E-state index < -0.39 is 0 Å². The molecule has 0 fully saturated rings. The van der Waals surface area contributed by atoms with Crippen molar-refractivity contribution < 1.29 is 23.7 Å². The second-order valence-electron chi connectivity index (χ2n) is 6.55. The summed E-state index contributed by atoms with van der Waals surface area (Å²) in [6.45, 7) is 3.16. The minimum Gasteiger partial charge on any atom is -0.492 e. The summed E-state index contributed by atoms with van der Waals surface area (Å²) in [6.07, 6.45) is 2.58. The summed E-state index contributed by atoms with van der Waals surface area (Å²) in [5.74, 6) is 0.409. The van der Waals surface area contributed by atoms with Crippen LogP contribution in [0.15, 0.2) is 48.5 Å². The molecule has 0 unspecified atom stereocenters. The Morgan fingerprint density at radius 1 is 0.897 bits per heavy atom. The number of aryl methyl sites for hydroxylation is 1. The van der Waals surface area contributed by atoms with Gasteiger partial charge in [-0.15, -0.1) is 0 Å². The van der Waals surface area contributed by atoms with Crippen molar-refractivity contribution in [3.8, 4) is 5.75 Å². The van der Waals surface area contributed by atoms with Crippen LogP contribution in [-0.4, -0.2) is 39.5 Å². The third-order valence-corrected chi connectivity index (χ3v) is 4.52. The minimum absolute atomic E-state index is 0.232. The second kappa shape index (κ2) is 14.0. The fraction of sp³-hybridized carbons (Fsp3) is 0.435. The number of rotatable bonds is 14. The third kappa shape index (κ3) is 9.79. The smallest absolute Gasteiger partial charge is 0.305 e. The van der Waals surface area contributed by atoms with Crippen molar-refractivity contribution in [1.29, 1.82) is 0 Å². The summed E-state index contributed by atoms with van der Waals surface area (Å²) in [4.78, 5) is 11.2. The van der Waals surface area contributed by atoms with E-state index in [0.29, 0.717) is 56.6 Å². The van der Waals surface area contributed by atoms with E-state index in [1.807, 2.05) is 36.4 Å². The third-order valence-electron chi connectivity index (χ3n) is 4.22. The average Bonchev–Trinajstić information content (AvgIpc) is 2.75. The number of hydrogen-bond acceptors (Lipinski definition) is 5. The molecule has 0 spiro atoms. The van der Waals surface area contributed by atoms with Gasteiger partial charge < -0.3 is 18.9 Å². The standard InChI is InChI=1S/C23H29ClO5/c1-26-23(25)12-10-19-9-11-22(21(24)17-19)29-16-6-14-27-13-5-15-28-18-20-7-3-2-4-8-20/h2-4,7-9,11,17H,5-6,10,12-16,18H2,1H3. The average molecular weight is 421 g/mol. The molecule has 0 aliphatic rings. The normalized spacial score (nSPS) is 10.7. The first-order valence-electron chi connectivity index (χ1n) is 9.86. The van der Waals surface area contributed by atoms with Gasteiger partial charge in [0, 0.05) is 32.7 Å². The van der Waals surface area contributed by atoms with Crippen LogP contribution in [0.1, 0.15) is 30.4 Å². The van der Waals surface area contributed by atoms with Gasteiger partial charge in [-0.3, -0.25) is 4.79 Å². The van der Waals surface area contributed by atoms with Gasteiger partial charge in [0.2, 0.25) is 0 Å². The van der Waals surface area contributed by atoms with Crippen LogP contribution in [0, 0.1) is 0 Å². The number of methoxy groups -OCH3 is 1. The van der Waals surface area contributed by atoms with Crippen LogP contribution in [0.5, 0.6) is 5.75 Å². The number of ether oxygens (including phenoxy) is 4. The van der Waals surface area contributed by atoms with Crippen molar-refractivity contribution >= 4 is 17.6 Å². The summed E-state index contributed by atoms with van der Waals surface area (Å²) >= 11 is 6.25. The van der Waals surface area contributed by atoms with Gasteiger partial charge in [-0.25, -0.2) is 0 Å². The van der Waals surface area contributed by atoms with E-state index in [1.54, 1.807) is 0 Å². The number of carbonyl (C=O) groups excluding carboxylic acids is 1. The van der Waals surface area contributed by atoms with Crippen LogP contribution >= 0.6 is 11.6 Å². The van der Waals surface area contributed by atoms with Crippen LogP contribution in [0.3, 0.4) is 0 Å². The maximum absolute atomic E-state index is 11.2. The molecule has 0 radical (unpaired) electrons. The molecule has 0 bridgehead atoms. The van der Waals surface area contributed by atoms with Crippen LogP contribution < -0.4 is 4.74 Å². The summed E-state index contributed by atoms with van der Waals surface area (Å²) in [7, 11) is 1.38. The number of hydrogen-bond donors (Lipinski definition) is 0. The molecule has 0 amide bonds. The largest absolute Gasteiger partial charge is 0.492 e. The molecule has 2 aromatic carbocycles. The highest BCUT2D eigenvalue weighted by Gasteiger charge is 2.06. The number of carbonyl (C=O) groups is 1. The summed E-state index contributed by atoms with van der Waals surface area (Å²) in [5, 5.41) is 0.545. The van der Waals surface area contributed by atoms with Crippen molar-refractivity contribution in [3.05, 3.63) is 64.7 Å². The molecule has 5 nitrogen and oxygen atoms in total. The number of halogens is 1. The Labute approximate surface area is 177 Å². The zero-order chi connectivity index (χ0) is 20.7. The summed E-state index contributed by atoms with van der Waals surface area (Å²) in [5.41, 5.74) is 2.16. The van der Waals surface area contributed by atoms with Gasteiger partial charge in [-0.2, -0.15) is 0 Å². The Balaban J connectivity index is 1.49. The van der Waals surface area contributed by atoms with Gasteiger partial charge in [0.15, 0.2) is 0 Å². The predicted octanol–water partition coefficient (Wildman–Crippen LogP) is 4.84. The zero-order valence-corrected chi connectivity index (χ0v) is 17.7. The first-order chi connectivity index (χ1) is 14.2. The Morgan fingerprint density at radius 3 is 2.34 bits per heavy atom. The van der Waals surface area contributed by atoms with Gasteiger partial charge in [0.25, 0.3) is 0 Å². The SMILES string of the molecule is COC(=O)CCc1ccc(OCCCOCCCOCc2ccccc2)c(Cl)c1. The molecular weight excluding hydrogens is 392 g/mol. The molecule has 0 saturated heterocycles. The first kappa shape index (κ1) is 23.2. The summed E-state index contributed by atoms with van der Waals surface area (Å²) < 4.78 is 21.6. The minimum atomic E-state index is -0.232. The Bertz CT molecular complexity index is 720. The van der Waals surface area contributed by atoms with Crippen molar-refractivity contribution in [2.75, 3.05) is 33.5 Å². The van der Waals surface area contributed by atoms with E-state index in [-0.39, 0.29) is 5.97 Å². The molecule has 2 aromatic rings. The van der Waals surface area contributed by atoms with Gasteiger partial charge in [-0.05, 0) is 36.1 Å². The number of esters is 1. The molecule has 2 rings (SSSR count). The van der Waals surface area contributed by atoms with Gasteiger partial charge >= 0.3 is 5.97 Å². The highest BCUT2D eigenvalue weighted by molar-refractivity contribution is 6.32. The van der Waals surface area contributed by atoms with Crippen LogP contribution in [0.25, 0.3) is 0 Å². The molecular formula is C23H29ClO5. The highest BCUT2D eigenvalue weighted by Crippen LogP contribution is 2.26. The lowest BCUT2D eigenvalue weighted by Gasteiger charge is -2.10. The molecule has 0 atom stereocenters. The van der Waals surface area contributed by atoms with E-state index in [1.165, 1.54) is 12.7 Å². The lowest BCUT2D eigenvalue weighted by atomic mass is 10.1. The lowest BCUT2D eigenvalue weighted by molar-refractivity contribution is -0.140. The molecule has 0 saturated carbocycles. The Morgan fingerprint density at radius 2 is 1.62 bits per heavy atom. The molecule has 0 aliphatic heterocycles. The maximum atomic E-state index is 11.2. The molecule has 158 valence electrons. The topological polar surface area (TPSA) is 54.0 Å². The highest BCUT2D eigenvalue weighted by atomic mass is 35.5. The van der Waals surface area contributed by atoms with E-state index in [2.05, 4.69) is 16.9 Å². The van der Waals surface area contributed by atoms with E-state index in [4.69, 9.17) is 25.8 Å². The van der Waals surface area contributed by atoms with Crippen molar-refractivity contribution in [2.45, 2.75) is 32.3 Å². The Kier molecular flexibility index (Phi) is 11.2. The van der Waals surface area contributed by atoms with Gasteiger partial charge in [-0.1, -0.05) is 48.0 Å². The van der Waals surface area contributed by atoms with Crippen LogP contribution in [0.4, 0.5) is 0 Å². The fourth-order valence-electron chi connectivity index (χ4n) is 2.64. The van der Waals surface area contributed by atoms with Gasteiger partial charge in [0.1, 0.15) is 5.75 Å². The van der Waals surface area contributed by atoms with Crippen molar-refractivity contribution in [2.24, 2.45) is 0 Å². The van der Waals surface area contributed by atoms with E-state index in [9.17, 15) is 4.79 Å². The molecule has 0 aromatic heterocycles. The lowest BCUT2D eigenvalue weighted by Crippen LogP contribution is -2.06. The van der Waals surface area contributed by atoms with Crippen LogP contribution in [0.2, 0.25) is 5.02 Å². The molecule has 6 heteroatoms. The second-order valence-corrected chi connectivity index (χ2v) is 6.95. The van der Waals surface area contributed by atoms with Crippen molar-refractivity contribution in [3.63, 3.8) is 0 Å². The maximum Gasteiger partial charge on any atom is 0.305 e. The zero-order valence-electron chi connectivity index (χ0n) is 16.9. The number of benzene rings is 2. The summed E-state index contributed by atoms with van der Waals surface area (Å²) in [6, 6.07) is 15.7. The Hall–Kier alpha value is -2.08. The van der Waals surface area contributed by atoms with Crippen LogP contribution in [-0.2, 0) is 32.0 Å².